The molecule has 3 heterocycles. The number of hydrogen-bond acceptors (Lipinski definition) is 2. The van der Waals surface area contributed by atoms with Crippen LogP contribution in [0.25, 0.3) is 82.9 Å². The van der Waals surface area contributed by atoms with Gasteiger partial charge in [0.25, 0.3) is 0 Å². The van der Waals surface area contributed by atoms with Crippen molar-refractivity contribution in [3.05, 3.63) is 176 Å². The van der Waals surface area contributed by atoms with Gasteiger partial charge in [0.2, 0.25) is 0 Å². The van der Waals surface area contributed by atoms with E-state index in [-0.39, 0.29) is 0 Å². The summed E-state index contributed by atoms with van der Waals surface area (Å²) in [7, 11) is 0. The summed E-state index contributed by atoms with van der Waals surface area (Å²) in [6, 6.07) is 57.9. The number of fused-ring (bicyclic) bond motifs is 6. The Bertz CT molecular complexity index is 2810. The van der Waals surface area contributed by atoms with Crippen LogP contribution in [0.2, 0.25) is 0 Å². The van der Waals surface area contributed by atoms with Gasteiger partial charge in [0.1, 0.15) is 0 Å². The minimum absolute atomic E-state index is 1.04. The highest BCUT2D eigenvalue weighted by atomic mass is 15.3. The zero-order valence-corrected chi connectivity index (χ0v) is 26.5. The van der Waals surface area contributed by atoms with E-state index in [1.807, 2.05) is 33.9 Å². The number of nitrogens with zero attached hydrogens (tertiary/aromatic N) is 5. The second kappa shape index (κ2) is 10.9. The molecule has 3 aromatic heterocycles. The van der Waals surface area contributed by atoms with E-state index < -0.39 is 0 Å². The third kappa shape index (κ3) is 4.40. The molecule has 10 rings (SSSR count). The van der Waals surface area contributed by atoms with Gasteiger partial charge in [-0.25, -0.2) is 9.36 Å². The van der Waals surface area contributed by atoms with Crippen LogP contribution in [0.4, 0.5) is 0 Å². The fourth-order valence-electron chi connectivity index (χ4n) is 7.28. The van der Waals surface area contributed by atoms with E-state index in [4.69, 9.17) is 10.2 Å². The first-order valence-corrected chi connectivity index (χ1v) is 16.5. The van der Waals surface area contributed by atoms with Crippen molar-refractivity contribution in [2.24, 2.45) is 0 Å². The van der Waals surface area contributed by atoms with Crippen LogP contribution in [-0.2, 0) is 0 Å². The molecule has 0 unspecified atom stereocenters. The molecule has 5 nitrogen and oxygen atoms in total. The van der Waals surface area contributed by atoms with Crippen LogP contribution in [0.5, 0.6) is 0 Å². The lowest BCUT2D eigenvalue weighted by molar-refractivity contribution is 0.911. The summed E-state index contributed by atoms with van der Waals surface area (Å²) in [4.78, 5) is 0. The van der Waals surface area contributed by atoms with Crippen molar-refractivity contribution in [3.8, 4) is 39.3 Å². The van der Waals surface area contributed by atoms with Gasteiger partial charge in [0.05, 0.1) is 45.8 Å². The second-order valence-corrected chi connectivity index (χ2v) is 12.4. The van der Waals surface area contributed by atoms with Gasteiger partial charge in [0, 0.05) is 27.2 Å². The van der Waals surface area contributed by atoms with Crippen LogP contribution in [0, 0.1) is 0 Å². The van der Waals surface area contributed by atoms with E-state index in [9.17, 15) is 0 Å². The smallest absolute Gasteiger partial charge is 0.0762 e. The Hall–Kier alpha value is -6.72. The van der Waals surface area contributed by atoms with Gasteiger partial charge in [0.15, 0.2) is 0 Å². The minimum Gasteiger partial charge on any atom is -0.309 e. The molecular weight excluding hydrogens is 599 g/mol. The fourth-order valence-corrected chi connectivity index (χ4v) is 7.28. The molecular formula is C44H29N5. The van der Waals surface area contributed by atoms with Crippen molar-refractivity contribution in [1.29, 1.82) is 0 Å². The van der Waals surface area contributed by atoms with Gasteiger partial charge in [-0.15, -0.1) is 0 Å². The van der Waals surface area contributed by atoms with Crippen molar-refractivity contribution in [3.63, 3.8) is 0 Å². The van der Waals surface area contributed by atoms with Crippen molar-refractivity contribution in [2.75, 3.05) is 0 Å². The summed E-state index contributed by atoms with van der Waals surface area (Å²) in [5.74, 6) is 0. The summed E-state index contributed by atoms with van der Waals surface area (Å²) in [5.41, 5.74) is 12.4. The molecule has 0 saturated heterocycles. The van der Waals surface area contributed by atoms with E-state index in [0.717, 1.165) is 55.5 Å². The Morgan fingerprint density at radius 2 is 0.939 bits per heavy atom. The molecule has 0 aliphatic carbocycles. The Morgan fingerprint density at radius 1 is 0.347 bits per heavy atom. The molecule has 49 heavy (non-hydrogen) atoms. The molecule has 0 N–H and O–H groups in total. The average molecular weight is 628 g/mol. The lowest BCUT2D eigenvalue weighted by Gasteiger charge is -2.09. The zero-order chi connectivity index (χ0) is 32.3. The Balaban J connectivity index is 1.11. The SMILES string of the molecule is c1ccc(-c2cccc(-n3ncc4cc(-c5ccc6c(c5)c5ccc7c(cnn7-c7ccccc7)c5n6-c5ccccc5)ccc43)c2)cc1. The monoisotopic (exact) mass is 627 g/mol. The van der Waals surface area contributed by atoms with E-state index in [1.165, 1.54) is 27.5 Å². The highest BCUT2D eigenvalue weighted by Gasteiger charge is 2.18. The summed E-state index contributed by atoms with van der Waals surface area (Å²) >= 11 is 0. The minimum atomic E-state index is 1.04. The molecule has 0 radical (unpaired) electrons. The van der Waals surface area contributed by atoms with Crippen LogP contribution >= 0.6 is 0 Å². The summed E-state index contributed by atoms with van der Waals surface area (Å²) in [6.45, 7) is 0. The Kier molecular flexibility index (Phi) is 6.11. The Labute approximate surface area is 282 Å². The predicted octanol–water partition coefficient (Wildman–Crippen LogP) is 10.8. The van der Waals surface area contributed by atoms with Crippen LogP contribution in [0.15, 0.2) is 176 Å². The number of benzene rings is 7. The molecule has 7 aromatic carbocycles. The first-order chi connectivity index (χ1) is 24.3. The van der Waals surface area contributed by atoms with Crippen molar-refractivity contribution >= 4 is 43.6 Å². The maximum Gasteiger partial charge on any atom is 0.0762 e. The largest absolute Gasteiger partial charge is 0.309 e. The second-order valence-electron chi connectivity index (χ2n) is 12.4. The van der Waals surface area contributed by atoms with E-state index >= 15 is 0 Å². The summed E-state index contributed by atoms with van der Waals surface area (Å²) in [6.07, 6.45) is 3.97. The van der Waals surface area contributed by atoms with Gasteiger partial charge in [-0.3, -0.25) is 0 Å². The summed E-state index contributed by atoms with van der Waals surface area (Å²) < 4.78 is 6.44. The maximum absolute atomic E-state index is 4.85. The van der Waals surface area contributed by atoms with Crippen molar-refractivity contribution in [1.82, 2.24) is 24.1 Å². The number of rotatable bonds is 5. The van der Waals surface area contributed by atoms with Crippen molar-refractivity contribution in [2.45, 2.75) is 0 Å². The highest BCUT2D eigenvalue weighted by Crippen LogP contribution is 2.39. The van der Waals surface area contributed by atoms with Crippen LogP contribution in [0.1, 0.15) is 0 Å². The van der Waals surface area contributed by atoms with E-state index in [0.29, 0.717) is 0 Å². The van der Waals surface area contributed by atoms with Gasteiger partial charge >= 0.3 is 0 Å². The Morgan fingerprint density at radius 3 is 1.73 bits per heavy atom. The third-order valence-electron chi connectivity index (χ3n) is 9.59. The van der Waals surface area contributed by atoms with E-state index in [2.05, 4.69) is 156 Å². The highest BCUT2D eigenvalue weighted by molar-refractivity contribution is 6.18. The van der Waals surface area contributed by atoms with Crippen LogP contribution in [0.3, 0.4) is 0 Å². The molecule has 0 atom stereocenters. The lowest BCUT2D eigenvalue weighted by Crippen LogP contribution is -1.96. The molecule has 5 heteroatoms. The average Bonchev–Trinajstić information content (AvgIpc) is 3.89. The topological polar surface area (TPSA) is 40.6 Å². The van der Waals surface area contributed by atoms with Crippen molar-refractivity contribution < 1.29 is 0 Å². The predicted molar refractivity (Wildman–Crippen MR) is 201 cm³/mol. The first kappa shape index (κ1) is 27.4. The number of aromatic nitrogens is 5. The lowest BCUT2D eigenvalue weighted by atomic mass is 10.0. The molecule has 230 valence electrons. The summed E-state index contributed by atoms with van der Waals surface area (Å²) in [5, 5.41) is 14.3. The van der Waals surface area contributed by atoms with Crippen LogP contribution in [-0.4, -0.2) is 24.1 Å². The van der Waals surface area contributed by atoms with E-state index in [1.54, 1.807) is 0 Å². The van der Waals surface area contributed by atoms with Crippen LogP contribution < -0.4 is 0 Å². The third-order valence-corrected chi connectivity index (χ3v) is 9.59. The number of hydrogen-bond donors (Lipinski definition) is 0. The fraction of sp³-hybridized carbons (Fsp3) is 0. The first-order valence-electron chi connectivity index (χ1n) is 16.5. The zero-order valence-electron chi connectivity index (χ0n) is 26.5. The molecule has 10 aromatic rings. The molecule has 0 fully saturated rings. The normalized spacial score (nSPS) is 11.7. The van der Waals surface area contributed by atoms with Gasteiger partial charge in [-0.05, 0) is 95.1 Å². The standard InChI is InChI=1S/C44H29N5/c1-4-11-30(12-5-1)31-13-10-18-37(26-31)49-41-22-19-32(25-34(41)28-45-49)33-20-23-42-39(27-33)38-21-24-43-40(29-46-48(43)36-16-8-3-9-17-36)44(38)47(42)35-14-6-2-7-15-35/h1-29H. The molecule has 0 aliphatic heterocycles. The molecule has 0 spiro atoms. The van der Waals surface area contributed by atoms with Gasteiger partial charge < -0.3 is 4.57 Å². The van der Waals surface area contributed by atoms with Gasteiger partial charge in [-0.2, -0.15) is 10.2 Å². The quantitative estimate of drug-likeness (QED) is 0.190. The molecule has 0 saturated carbocycles. The van der Waals surface area contributed by atoms with Gasteiger partial charge in [-0.1, -0.05) is 91.0 Å². The molecule has 0 aliphatic rings. The molecule has 0 bridgehead atoms. The maximum atomic E-state index is 4.85. The number of para-hydroxylation sites is 2. The molecule has 0 amide bonds.